The maximum absolute atomic E-state index is 12.5. The zero-order valence-corrected chi connectivity index (χ0v) is 15.3. The minimum absolute atomic E-state index is 0.0268. The number of nitrogens with one attached hydrogen (secondary N) is 1. The Morgan fingerprint density at radius 1 is 0.960 bits per heavy atom. The average Bonchev–Trinajstić information content (AvgIpc) is 2.98. The number of nitrogens with zero attached hydrogens (tertiary/aromatic N) is 2. The van der Waals surface area contributed by atoms with Crippen molar-refractivity contribution in [3.05, 3.63) is 34.9 Å². The molecule has 6 heteroatoms. The van der Waals surface area contributed by atoms with Gasteiger partial charge in [-0.15, -0.1) is 0 Å². The molecule has 25 heavy (non-hydrogen) atoms. The Labute approximate surface area is 154 Å². The summed E-state index contributed by atoms with van der Waals surface area (Å²) in [5, 5.41) is 3.81. The van der Waals surface area contributed by atoms with Crippen LogP contribution in [-0.4, -0.2) is 54.0 Å². The third-order valence-electron chi connectivity index (χ3n) is 5.09. The topological polar surface area (TPSA) is 52.7 Å². The van der Waals surface area contributed by atoms with Crippen molar-refractivity contribution >= 4 is 23.5 Å². The highest BCUT2D eigenvalue weighted by atomic mass is 35.5. The van der Waals surface area contributed by atoms with E-state index in [2.05, 4.69) is 5.32 Å². The quantitative estimate of drug-likeness (QED) is 0.897. The van der Waals surface area contributed by atoms with Crippen molar-refractivity contribution in [2.45, 2.75) is 44.6 Å². The van der Waals surface area contributed by atoms with Gasteiger partial charge >= 0.3 is 6.03 Å². The average molecular weight is 364 g/mol. The van der Waals surface area contributed by atoms with Crippen LogP contribution in [0.4, 0.5) is 4.79 Å². The van der Waals surface area contributed by atoms with E-state index < -0.39 is 0 Å². The Hall–Kier alpha value is -1.75. The van der Waals surface area contributed by atoms with Crippen LogP contribution in [0.25, 0.3) is 0 Å². The van der Waals surface area contributed by atoms with E-state index in [1.165, 1.54) is 12.8 Å². The van der Waals surface area contributed by atoms with Crippen LogP contribution in [0.3, 0.4) is 0 Å². The standard InChI is InChI=1S/C19H26ClN3O2/c20-16-8-6-15(7-9-16)14-18(24)22-10-3-11-23(13-12-22)19(25)21-17-4-1-2-5-17/h6-9,17H,1-5,10-14H2,(H,21,25). The van der Waals surface area contributed by atoms with Crippen molar-refractivity contribution in [2.75, 3.05) is 26.2 Å². The largest absolute Gasteiger partial charge is 0.341 e. The second kappa shape index (κ2) is 8.56. The van der Waals surface area contributed by atoms with Gasteiger partial charge in [-0.25, -0.2) is 4.79 Å². The van der Waals surface area contributed by atoms with Gasteiger partial charge in [0.1, 0.15) is 0 Å². The lowest BCUT2D eigenvalue weighted by atomic mass is 10.1. The molecule has 0 aromatic heterocycles. The van der Waals surface area contributed by atoms with E-state index in [1.54, 1.807) is 0 Å². The fraction of sp³-hybridized carbons (Fsp3) is 0.579. The number of urea groups is 1. The van der Waals surface area contributed by atoms with Gasteiger partial charge in [0.25, 0.3) is 0 Å². The van der Waals surface area contributed by atoms with Crippen molar-refractivity contribution in [2.24, 2.45) is 0 Å². The number of hydrogen-bond acceptors (Lipinski definition) is 2. The summed E-state index contributed by atoms with van der Waals surface area (Å²) in [5.41, 5.74) is 0.967. The van der Waals surface area contributed by atoms with Gasteiger partial charge < -0.3 is 15.1 Å². The first-order chi connectivity index (χ1) is 12.1. The van der Waals surface area contributed by atoms with Crippen LogP contribution in [0.5, 0.6) is 0 Å². The molecular weight excluding hydrogens is 338 g/mol. The van der Waals surface area contributed by atoms with Gasteiger partial charge in [-0.2, -0.15) is 0 Å². The van der Waals surface area contributed by atoms with E-state index in [1.807, 2.05) is 34.1 Å². The van der Waals surface area contributed by atoms with Gasteiger partial charge in [0.15, 0.2) is 0 Å². The fourth-order valence-corrected chi connectivity index (χ4v) is 3.72. The molecule has 1 aliphatic heterocycles. The van der Waals surface area contributed by atoms with E-state index in [0.717, 1.165) is 24.8 Å². The van der Waals surface area contributed by atoms with Crippen LogP contribution in [0.15, 0.2) is 24.3 Å². The Kier molecular flexibility index (Phi) is 6.19. The number of halogens is 1. The van der Waals surface area contributed by atoms with Crippen LogP contribution in [0, 0.1) is 0 Å². The van der Waals surface area contributed by atoms with Crippen molar-refractivity contribution < 1.29 is 9.59 Å². The molecule has 1 saturated carbocycles. The summed E-state index contributed by atoms with van der Waals surface area (Å²) in [6, 6.07) is 7.75. The Bertz CT molecular complexity index is 599. The maximum Gasteiger partial charge on any atom is 0.317 e. The molecule has 0 atom stereocenters. The summed E-state index contributed by atoms with van der Waals surface area (Å²) in [6.07, 6.45) is 5.79. The van der Waals surface area contributed by atoms with Crippen LogP contribution < -0.4 is 5.32 Å². The molecule has 3 amide bonds. The first-order valence-corrected chi connectivity index (χ1v) is 9.57. The Morgan fingerprint density at radius 2 is 1.60 bits per heavy atom. The number of rotatable bonds is 3. The predicted molar refractivity (Wildman–Crippen MR) is 98.7 cm³/mol. The number of amides is 3. The van der Waals surface area contributed by atoms with E-state index in [4.69, 9.17) is 11.6 Å². The third kappa shape index (κ3) is 5.11. The van der Waals surface area contributed by atoms with E-state index >= 15 is 0 Å². The summed E-state index contributed by atoms with van der Waals surface area (Å²) < 4.78 is 0. The molecule has 0 radical (unpaired) electrons. The molecule has 5 nitrogen and oxygen atoms in total. The van der Waals surface area contributed by atoms with Crippen LogP contribution in [0.2, 0.25) is 5.02 Å². The zero-order chi connectivity index (χ0) is 17.6. The lowest BCUT2D eigenvalue weighted by molar-refractivity contribution is -0.130. The molecule has 1 N–H and O–H groups in total. The third-order valence-corrected chi connectivity index (χ3v) is 5.34. The summed E-state index contributed by atoms with van der Waals surface area (Å²) in [4.78, 5) is 28.7. The highest BCUT2D eigenvalue weighted by molar-refractivity contribution is 6.30. The number of carbonyl (C=O) groups is 2. The summed E-state index contributed by atoms with van der Waals surface area (Å²) in [5.74, 6) is 0.111. The molecule has 1 aromatic carbocycles. The van der Waals surface area contributed by atoms with Gasteiger partial charge in [0, 0.05) is 37.2 Å². The minimum Gasteiger partial charge on any atom is -0.341 e. The molecule has 1 heterocycles. The molecule has 2 aliphatic rings. The van der Waals surface area contributed by atoms with Crippen molar-refractivity contribution in [1.29, 1.82) is 0 Å². The second-order valence-corrected chi connectivity index (χ2v) is 7.39. The summed E-state index contributed by atoms with van der Waals surface area (Å²) >= 11 is 5.89. The number of carbonyl (C=O) groups excluding carboxylic acids is 2. The fourth-order valence-electron chi connectivity index (χ4n) is 3.59. The molecule has 0 bridgehead atoms. The molecule has 0 unspecified atom stereocenters. The van der Waals surface area contributed by atoms with Crippen LogP contribution in [-0.2, 0) is 11.2 Å². The SMILES string of the molecule is O=C(Cc1ccc(Cl)cc1)N1CCCN(C(=O)NC2CCCC2)CC1. The molecule has 1 aromatic rings. The normalized spacial score (nSPS) is 18.9. The van der Waals surface area contributed by atoms with Gasteiger partial charge in [0.05, 0.1) is 6.42 Å². The molecule has 1 saturated heterocycles. The summed E-state index contributed by atoms with van der Waals surface area (Å²) in [6.45, 7) is 2.62. The second-order valence-electron chi connectivity index (χ2n) is 6.96. The van der Waals surface area contributed by atoms with E-state index in [9.17, 15) is 9.59 Å². The summed E-state index contributed by atoms with van der Waals surface area (Å²) in [7, 11) is 0. The van der Waals surface area contributed by atoms with E-state index in [0.29, 0.717) is 43.7 Å². The number of benzene rings is 1. The Balaban J connectivity index is 1.49. The number of hydrogen-bond donors (Lipinski definition) is 1. The van der Waals surface area contributed by atoms with Gasteiger partial charge in [0.2, 0.25) is 5.91 Å². The van der Waals surface area contributed by atoms with E-state index in [-0.39, 0.29) is 11.9 Å². The molecule has 0 spiro atoms. The van der Waals surface area contributed by atoms with Gasteiger partial charge in [-0.3, -0.25) is 4.79 Å². The molecule has 136 valence electrons. The first-order valence-electron chi connectivity index (χ1n) is 9.19. The lowest BCUT2D eigenvalue weighted by Gasteiger charge is -2.24. The zero-order valence-electron chi connectivity index (χ0n) is 14.5. The van der Waals surface area contributed by atoms with Crippen molar-refractivity contribution in [3.8, 4) is 0 Å². The van der Waals surface area contributed by atoms with Crippen LogP contribution in [0.1, 0.15) is 37.7 Å². The molecule has 1 aliphatic carbocycles. The smallest absolute Gasteiger partial charge is 0.317 e. The lowest BCUT2D eigenvalue weighted by Crippen LogP contribution is -2.45. The van der Waals surface area contributed by atoms with Gasteiger partial charge in [-0.05, 0) is 37.0 Å². The van der Waals surface area contributed by atoms with Crippen LogP contribution >= 0.6 is 11.6 Å². The monoisotopic (exact) mass is 363 g/mol. The Morgan fingerprint density at radius 3 is 2.32 bits per heavy atom. The maximum atomic E-state index is 12.5. The van der Waals surface area contributed by atoms with Gasteiger partial charge in [-0.1, -0.05) is 36.6 Å². The molecule has 3 rings (SSSR count). The van der Waals surface area contributed by atoms with Crippen molar-refractivity contribution in [3.63, 3.8) is 0 Å². The highest BCUT2D eigenvalue weighted by Gasteiger charge is 2.24. The molecular formula is C19H26ClN3O2. The minimum atomic E-state index is 0.0268. The molecule has 2 fully saturated rings. The first kappa shape index (κ1) is 18.1. The highest BCUT2D eigenvalue weighted by Crippen LogP contribution is 2.18. The van der Waals surface area contributed by atoms with Crippen molar-refractivity contribution in [1.82, 2.24) is 15.1 Å². The predicted octanol–water partition coefficient (Wildman–Crippen LogP) is 3.07.